The van der Waals surface area contributed by atoms with Gasteiger partial charge in [-0.2, -0.15) is 0 Å². The third-order valence-corrected chi connectivity index (χ3v) is 6.84. The number of hydrogen-bond acceptors (Lipinski definition) is 0. The van der Waals surface area contributed by atoms with Crippen LogP contribution in [0.5, 0.6) is 0 Å². The van der Waals surface area contributed by atoms with Gasteiger partial charge in [-0.25, -0.2) is 0 Å². The van der Waals surface area contributed by atoms with Crippen LogP contribution in [-0.4, -0.2) is 0 Å². The standard InChI is InChI=1S/C25H50/c1-6-8-17-23(19-13-15-21(3)4)25(14-7-2)24-18-12-10-9-11-16-22(5)20-24/h21-25H,6-20H2,1-5H3. The van der Waals surface area contributed by atoms with E-state index in [-0.39, 0.29) is 0 Å². The molecule has 0 bridgehead atoms. The van der Waals surface area contributed by atoms with Crippen molar-refractivity contribution in [3.8, 4) is 0 Å². The summed E-state index contributed by atoms with van der Waals surface area (Å²) < 4.78 is 0. The van der Waals surface area contributed by atoms with Crippen LogP contribution >= 0.6 is 0 Å². The van der Waals surface area contributed by atoms with Gasteiger partial charge in [0.05, 0.1) is 0 Å². The molecule has 150 valence electrons. The number of hydrogen-bond donors (Lipinski definition) is 0. The van der Waals surface area contributed by atoms with E-state index in [1.54, 1.807) is 0 Å². The Morgan fingerprint density at radius 1 is 0.760 bits per heavy atom. The van der Waals surface area contributed by atoms with Crippen LogP contribution < -0.4 is 0 Å². The molecule has 4 unspecified atom stereocenters. The van der Waals surface area contributed by atoms with Gasteiger partial charge in [0.15, 0.2) is 0 Å². The second kappa shape index (κ2) is 14.1. The fourth-order valence-corrected chi connectivity index (χ4v) is 5.41. The van der Waals surface area contributed by atoms with Gasteiger partial charge in [0.2, 0.25) is 0 Å². The Morgan fingerprint density at radius 2 is 1.44 bits per heavy atom. The van der Waals surface area contributed by atoms with Gasteiger partial charge >= 0.3 is 0 Å². The molecule has 1 aliphatic rings. The summed E-state index contributed by atoms with van der Waals surface area (Å²) in [5.41, 5.74) is 0. The van der Waals surface area contributed by atoms with Gasteiger partial charge in [0, 0.05) is 0 Å². The Bertz CT molecular complexity index is 292. The average molecular weight is 351 g/mol. The second-order valence-corrected chi connectivity index (χ2v) is 9.77. The lowest BCUT2D eigenvalue weighted by Gasteiger charge is -2.36. The van der Waals surface area contributed by atoms with Gasteiger partial charge in [0.1, 0.15) is 0 Å². The maximum Gasteiger partial charge on any atom is -0.0357 e. The molecule has 0 spiro atoms. The van der Waals surface area contributed by atoms with Gasteiger partial charge < -0.3 is 0 Å². The van der Waals surface area contributed by atoms with Crippen LogP contribution in [0.3, 0.4) is 0 Å². The fourth-order valence-electron chi connectivity index (χ4n) is 5.41. The lowest BCUT2D eigenvalue weighted by molar-refractivity contribution is 0.148. The van der Waals surface area contributed by atoms with Crippen LogP contribution in [0.15, 0.2) is 0 Å². The maximum atomic E-state index is 2.54. The molecule has 0 saturated heterocycles. The van der Waals surface area contributed by atoms with Crippen LogP contribution in [-0.2, 0) is 0 Å². The van der Waals surface area contributed by atoms with E-state index in [0.717, 1.165) is 29.6 Å². The van der Waals surface area contributed by atoms with E-state index in [0.29, 0.717) is 0 Å². The molecule has 0 radical (unpaired) electrons. The zero-order valence-corrected chi connectivity index (χ0v) is 18.5. The summed E-state index contributed by atoms with van der Waals surface area (Å²) in [6.07, 6.45) is 22.1. The highest BCUT2D eigenvalue weighted by molar-refractivity contribution is 4.80. The lowest BCUT2D eigenvalue weighted by atomic mass is 9.70. The molecule has 0 nitrogen and oxygen atoms in total. The van der Waals surface area contributed by atoms with E-state index in [2.05, 4.69) is 34.6 Å². The van der Waals surface area contributed by atoms with Crippen LogP contribution in [0.1, 0.15) is 131 Å². The molecule has 0 heteroatoms. The molecule has 1 saturated carbocycles. The van der Waals surface area contributed by atoms with E-state index in [9.17, 15) is 0 Å². The van der Waals surface area contributed by atoms with E-state index >= 15 is 0 Å². The molecule has 0 aromatic heterocycles. The Kier molecular flexibility index (Phi) is 13.0. The maximum absolute atomic E-state index is 2.54. The van der Waals surface area contributed by atoms with Crippen molar-refractivity contribution in [2.45, 2.75) is 131 Å². The SMILES string of the molecule is CCCCC(CCCC(C)C)C(CCC)C1CCCCCCC(C)C1. The topological polar surface area (TPSA) is 0 Å². The third-order valence-electron chi connectivity index (χ3n) is 6.84. The van der Waals surface area contributed by atoms with Crippen molar-refractivity contribution in [3.05, 3.63) is 0 Å². The molecule has 25 heavy (non-hydrogen) atoms. The van der Waals surface area contributed by atoms with Crippen molar-refractivity contribution >= 4 is 0 Å². The Labute approximate surface area is 160 Å². The molecule has 0 aromatic rings. The molecular weight excluding hydrogens is 300 g/mol. The molecule has 0 amide bonds. The molecule has 1 aliphatic carbocycles. The average Bonchev–Trinajstić information content (AvgIpc) is 2.67. The zero-order valence-electron chi connectivity index (χ0n) is 18.5. The summed E-state index contributed by atoms with van der Waals surface area (Å²) in [4.78, 5) is 0. The minimum atomic E-state index is 0.876. The lowest BCUT2D eigenvalue weighted by Crippen LogP contribution is -2.26. The first-order valence-corrected chi connectivity index (χ1v) is 12.1. The van der Waals surface area contributed by atoms with Crippen molar-refractivity contribution in [1.29, 1.82) is 0 Å². The highest BCUT2D eigenvalue weighted by Crippen LogP contribution is 2.40. The minimum Gasteiger partial charge on any atom is -0.0654 e. The molecule has 0 aromatic carbocycles. The van der Waals surface area contributed by atoms with Crippen molar-refractivity contribution in [2.24, 2.45) is 29.6 Å². The smallest absolute Gasteiger partial charge is 0.0357 e. The Hall–Kier alpha value is 0. The van der Waals surface area contributed by atoms with Crippen molar-refractivity contribution in [2.75, 3.05) is 0 Å². The van der Waals surface area contributed by atoms with Crippen LogP contribution in [0, 0.1) is 29.6 Å². The van der Waals surface area contributed by atoms with Crippen LogP contribution in [0.2, 0.25) is 0 Å². The highest BCUT2D eigenvalue weighted by atomic mass is 14.3. The third kappa shape index (κ3) is 10.0. The highest BCUT2D eigenvalue weighted by Gasteiger charge is 2.29. The molecule has 0 aliphatic heterocycles. The first kappa shape index (κ1) is 23.0. The molecule has 0 N–H and O–H groups in total. The van der Waals surface area contributed by atoms with E-state index in [4.69, 9.17) is 0 Å². The quantitative estimate of drug-likeness (QED) is 0.348. The normalized spacial score (nSPS) is 25.2. The van der Waals surface area contributed by atoms with Crippen LogP contribution in [0.25, 0.3) is 0 Å². The Morgan fingerprint density at radius 3 is 2.08 bits per heavy atom. The van der Waals surface area contributed by atoms with Gasteiger partial charge in [-0.1, -0.05) is 125 Å². The summed E-state index contributed by atoms with van der Waals surface area (Å²) >= 11 is 0. The molecule has 1 rings (SSSR count). The largest absolute Gasteiger partial charge is 0.0654 e. The van der Waals surface area contributed by atoms with Crippen LogP contribution in [0.4, 0.5) is 0 Å². The molecule has 4 atom stereocenters. The summed E-state index contributed by atoms with van der Waals surface area (Å²) in [6.45, 7) is 12.1. The number of unbranched alkanes of at least 4 members (excludes halogenated alkanes) is 1. The second-order valence-electron chi connectivity index (χ2n) is 9.77. The fraction of sp³-hybridized carbons (Fsp3) is 1.00. The zero-order chi connectivity index (χ0) is 18.5. The number of rotatable bonds is 11. The first-order chi connectivity index (χ1) is 12.1. The van der Waals surface area contributed by atoms with Crippen molar-refractivity contribution in [3.63, 3.8) is 0 Å². The van der Waals surface area contributed by atoms with E-state index in [1.165, 1.54) is 96.3 Å². The van der Waals surface area contributed by atoms with Gasteiger partial charge in [-0.15, -0.1) is 0 Å². The first-order valence-electron chi connectivity index (χ1n) is 12.1. The predicted molar refractivity (Wildman–Crippen MR) is 115 cm³/mol. The van der Waals surface area contributed by atoms with E-state index < -0.39 is 0 Å². The van der Waals surface area contributed by atoms with Gasteiger partial charge in [-0.05, 0) is 36.0 Å². The predicted octanol–water partition coefficient (Wildman–Crippen LogP) is 9.03. The van der Waals surface area contributed by atoms with Crippen molar-refractivity contribution < 1.29 is 0 Å². The molecule has 0 heterocycles. The Balaban J connectivity index is 2.78. The summed E-state index contributed by atoms with van der Waals surface area (Å²) in [7, 11) is 0. The summed E-state index contributed by atoms with van der Waals surface area (Å²) in [5.74, 6) is 4.89. The van der Waals surface area contributed by atoms with Gasteiger partial charge in [-0.3, -0.25) is 0 Å². The van der Waals surface area contributed by atoms with Gasteiger partial charge in [0.25, 0.3) is 0 Å². The van der Waals surface area contributed by atoms with Crippen molar-refractivity contribution in [1.82, 2.24) is 0 Å². The molecule has 1 fully saturated rings. The minimum absolute atomic E-state index is 0.876. The summed E-state index contributed by atoms with van der Waals surface area (Å²) in [6, 6.07) is 0. The monoisotopic (exact) mass is 350 g/mol. The van der Waals surface area contributed by atoms with E-state index in [1.807, 2.05) is 0 Å². The molecular formula is C25H50. The summed E-state index contributed by atoms with van der Waals surface area (Å²) in [5, 5.41) is 0.